The summed E-state index contributed by atoms with van der Waals surface area (Å²) in [5, 5.41) is 11.4. The molecule has 0 aliphatic carbocycles. The van der Waals surface area contributed by atoms with E-state index in [1.807, 2.05) is 24.3 Å². The highest BCUT2D eigenvalue weighted by Gasteiger charge is 2.26. The van der Waals surface area contributed by atoms with Crippen molar-refractivity contribution in [3.8, 4) is 22.3 Å². The lowest BCUT2D eigenvalue weighted by Crippen LogP contribution is -2.14. The number of aryl methyl sites for hydroxylation is 2. The van der Waals surface area contributed by atoms with Gasteiger partial charge in [0, 0.05) is 77.0 Å². The predicted molar refractivity (Wildman–Crippen MR) is 303 cm³/mol. The molecular weight excluding hydrogens is 877 g/mol. The molecule has 14 aromatic rings. The van der Waals surface area contributed by atoms with Crippen LogP contribution in [0, 0.1) is 13.8 Å². The van der Waals surface area contributed by atoms with E-state index in [1.165, 1.54) is 11.1 Å². The number of hydrogen-bond acceptors (Lipinski definition) is 4. The molecule has 72 heavy (non-hydrogen) atoms. The maximum atomic E-state index is 6.53. The van der Waals surface area contributed by atoms with Crippen LogP contribution in [0.25, 0.3) is 98.4 Å². The Morgan fingerprint density at radius 2 is 0.653 bits per heavy atom. The van der Waals surface area contributed by atoms with Crippen LogP contribution in [0.1, 0.15) is 11.1 Å². The number of hydrogen-bond donors (Lipinski definition) is 0. The number of para-hydroxylation sites is 4. The number of nitrogens with zero attached hydrogens (tertiary/aromatic N) is 2. The molecule has 0 amide bonds. The van der Waals surface area contributed by atoms with Crippen LogP contribution in [0.5, 0.6) is 0 Å². The molecule has 0 aliphatic heterocycles. The van der Waals surface area contributed by atoms with E-state index in [-0.39, 0.29) is 0 Å². The molecule has 0 spiro atoms. The Morgan fingerprint density at radius 1 is 0.278 bits per heavy atom. The Balaban J connectivity index is 0.999. The van der Waals surface area contributed by atoms with Gasteiger partial charge in [-0.15, -0.1) is 0 Å². The van der Waals surface area contributed by atoms with Crippen LogP contribution in [0.4, 0.5) is 34.1 Å². The predicted octanol–water partition coefficient (Wildman–Crippen LogP) is 19.8. The van der Waals surface area contributed by atoms with Crippen LogP contribution in [-0.2, 0) is 0 Å². The van der Waals surface area contributed by atoms with Gasteiger partial charge in [-0.2, -0.15) is 0 Å². The summed E-state index contributed by atoms with van der Waals surface area (Å²) in [6, 6.07) is 87.8. The third-order valence-electron chi connectivity index (χ3n) is 14.5. The second-order valence-electron chi connectivity index (χ2n) is 19.0. The summed E-state index contributed by atoms with van der Waals surface area (Å²) in [5.41, 5.74) is 16.8. The van der Waals surface area contributed by atoms with Gasteiger partial charge < -0.3 is 18.6 Å². The van der Waals surface area contributed by atoms with Crippen molar-refractivity contribution in [3.63, 3.8) is 0 Å². The van der Waals surface area contributed by atoms with E-state index in [0.29, 0.717) is 0 Å². The summed E-state index contributed by atoms with van der Waals surface area (Å²) in [7, 11) is 0. The van der Waals surface area contributed by atoms with Crippen molar-refractivity contribution in [2.45, 2.75) is 13.8 Å². The smallest absolute Gasteiger partial charge is 0.143 e. The number of fused-ring (bicyclic) bond motifs is 9. The van der Waals surface area contributed by atoms with Gasteiger partial charge in [0.1, 0.15) is 22.3 Å². The van der Waals surface area contributed by atoms with Crippen LogP contribution >= 0.6 is 0 Å². The van der Waals surface area contributed by atoms with Gasteiger partial charge >= 0.3 is 0 Å². The SMILES string of the molecule is Cc1cccc(N(c2ccc(-c3cccc4c3oc3ccccc34)cc2)c2c3ccccc3cc3c(N(c4ccc(-c5cccc6c5oc5ccccc56)cc4)c4cccc(C)c4)c4ccccc4cc23)c1. The first-order valence-corrected chi connectivity index (χ1v) is 24.6. The standard InChI is InChI=1S/C68H46N2O2/c1-43-15-11-19-51(39-43)69(49-35-31-45(32-36-49)55-25-13-27-59-57-23-7-9-29-63(57)71-67(55)59)65-53-21-5-3-17-47(53)42-62-61(65)41-48-18-4-6-22-54(48)66(62)70(52-20-12-16-44(2)40-52)50-37-33-46(34-38-50)56-26-14-28-60-58-24-8-10-30-64(58)72-68(56)60/h3-42H,1-2H3. The monoisotopic (exact) mass is 922 g/mol. The van der Waals surface area contributed by atoms with E-state index < -0.39 is 0 Å². The summed E-state index contributed by atoms with van der Waals surface area (Å²) in [5.74, 6) is 0. The average molecular weight is 923 g/mol. The van der Waals surface area contributed by atoms with Gasteiger partial charge in [-0.25, -0.2) is 0 Å². The molecule has 0 saturated heterocycles. The number of rotatable bonds is 8. The number of furan rings is 2. The van der Waals surface area contributed by atoms with Crippen LogP contribution in [0.3, 0.4) is 0 Å². The molecule has 4 heteroatoms. The van der Waals surface area contributed by atoms with Crippen molar-refractivity contribution in [1.29, 1.82) is 0 Å². The second kappa shape index (κ2) is 16.6. The zero-order chi connectivity index (χ0) is 47.9. The molecule has 0 atom stereocenters. The molecule has 0 aliphatic rings. The van der Waals surface area contributed by atoms with Gasteiger partial charge in [-0.05, 0) is 120 Å². The highest BCUT2D eigenvalue weighted by atomic mass is 16.3. The summed E-state index contributed by atoms with van der Waals surface area (Å²) in [4.78, 5) is 4.93. The third-order valence-corrected chi connectivity index (χ3v) is 14.5. The van der Waals surface area contributed by atoms with Gasteiger partial charge in [0.25, 0.3) is 0 Å². The van der Waals surface area contributed by atoms with Crippen molar-refractivity contribution in [3.05, 3.63) is 254 Å². The molecule has 14 rings (SSSR count). The van der Waals surface area contributed by atoms with Crippen molar-refractivity contribution >= 4 is 110 Å². The fourth-order valence-electron chi connectivity index (χ4n) is 11.2. The van der Waals surface area contributed by atoms with Gasteiger partial charge in [-0.1, -0.05) is 170 Å². The first kappa shape index (κ1) is 41.6. The Bertz CT molecular complexity index is 4140. The van der Waals surface area contributed by atoms with Gasteiger partial charge in [0.15, 0.2) is 0 Å². The quantitative estimate of drug-likeness (QED) is 0.142. The van der Waals surface area contributed by atoms with Crippen molar-refractivity contribution in [2.24, 2.45) is 0 Å². The van der Waals surface area contributed by atoms with Gasteiger partial charge in [0.2, 0.25) is 0 Å². The zero-order valence-corrected chi connectivity index (χ0v) is 39.8. The summed E-state index contributed by atoms with van der Waals surface area (Å²) >= 11 is 0. The largest absolute Gasteiger partial charge is 0.455 e. The van der Waals surface area contributed by atoms with Crippen molar-refractivity contribution in [2.75, 3.05) is 9.80 Å². The minimum Gasteiger partial charge on any atom is -0.455 e. The first-order valence-electron chi connectivity index (χ1n) is 24.6. The first-order chi connectivity index (χ1) is 35.5. The number of anilines is 6. The molecular formula is C68H46N2O2. The van der Waals surface area contributed by atoms with Gasteiger partial charge in [0.05, 0.1) is 11.4 Å². The van der Waals surface area contributed by atoms with Crippen LogP contribution < -0.4 is 9.80 Å². The maximum Gasteiger partial charge on any atom is 0.143 e. The fourth-order valence-corrected chi connectivity index (χ4v) is 11.2. The molecule has 0 bridgehead atoms. The lowest BCUT2D eigenvalue weighted by atomic mass is 9.93. The van der Waals surface area contributed by atoms with Crippen molar-refractivity contribution in [1.82, 2.24) is 0 Å². The topological polar surface area (TPSA) is 32.8 Å². The molecule has 0 fully saturated rings. The fraction of sp³-hybridized carbons (Fsp3) is 0.0294. The third kappa shape index (κ3) is 6.75. The van der Waals surface area contributed by atoms with E-state index in [4.69, 9.17) is 8.83 Å². The van der Waals surface area contributed by atoms with E-state index in [0.717, 1.165) is 133 Å². The Hall–Kier alpha value is -9.38. The minimum absolute atomic E-state index is 0.895. The summed E-state index contributed by atoms with van der Waals surface area (Å²) in [6.07, 6.45) is 0. The van der Waals surface area contributed by atoms with Crippen LogP contribution in [0.2, 0.25) is 0 Å². The Morgan fingerprint density at radius 3 is 1.08 bits per heavy atom. The Labute approximate surface area is 416 Å². The van der Waals surface area contributed by atoms with E-state index in [1.54, 1.807) is 0 Å². The normalized spacial score (nSPS) is 11.8. The zero-order valence-electron chi connectivity index (χ0n) is 39.8. The lowest BCUT2D eigenvalue weighted by Gasteiger charge is -2.32. The summed E-state index contributed by atoms with van der Waals surface area (Å²) in [6.45, 7) is 4.35. The molecule has 0 saturated carbocycles. The molecule has 4 nitrogen and oxygen atoms in total. The average Bonchev–Trinajstić information content (AvgIpc) is 4.01. The maximum absolute atomic E-state index is 6.53. The van der Waals surface area contributed by atoms with Crippen molar-refractivity contribution < 1.29 is 8.83 Å². The molecule has 340 valence electrons. The molecule has 0 N–H and O–H groups in total. The van der Waals surface area contributed by atoms with E-state index in [9.17, 15) is 0 Å². The van der Waals surface area contributed by atoms with E-state index in [2.05, 4.69) is 242 Å². The highest BCUT2D eigenvalue weighted by molar-refractivity contribution is 6.24. The van der Waals surface area contributed by atoms with E-state index >= 15 is 0 Å². The molecule has 12 aromatic carbocycles. The lowest BCUT2D eigenvalue weighted by molar-refractivity contribution is 0.669. The Kier molecular flexibility index (Phi) is 9.62. The van der Waals surface area contributed by atoms with Crippen LogP contribution in [-0.4, -0.2) is 0 Å². The second-order valence-corrected chi connectivity index (χ2v) is 19.0. The molecule has 0 unspecified atom stereocenters. The van der Waals surface area contributed by atoms with Gasteiger partial charge in [-0.3, -0.25) is 0 Å². The molecule has 2 heterocycles. The molecule has 0 radical (unpaired) electrons. The minimum atomic E-state index is 0.895. The van der Waals surface area contributed by atoms with Crippen LogP contribution in [0.15, 0.2) is 251 Å². The summed E-state index contributed by atoms with van der Waals surface area (Å²) < 4.78 is 13.1. The molecule has 2 aromatic heterocycles. The number of benzene rings is 12. The highest BCUT2D eigenvalue weighted by Crippen LogP contribution is 2.51.